The molecule has 1 atom stereocenters. The predicted molar refractivity (Wildman–Crippen MR) is 84.0 cm³/mol. The van der Waals surface area contributed by atoms with Crippen LogP contribution in [-0.2, 0) is 19.6 Å². The highest BCUT2D eigenvalue weighted by atomic mass is 32.2. The minimum absolute atomic E-state index is 0.0788. The monoisotopic (exact) mass is 313 g/mol. The number of hydrogen-bond acceptors (Lipinski definition) is 4. The number of carbonyl (C=O) groups excluding carboxylic acids is 1. The third-order valence-corrected chi connectivity index (χ3v) is 5.13. The number of para-hydroxylation sites is 1. The summed E-state index contributed by atoms with van der Waals surface area (Å²) in [4.78, 5) is 12.0. The van der Waals surface area contributed by atoms with E-state index in [-0.39, 0.29) is 12.4 Å². The van der Waals surface area contributed by atoms with Crippen LogP contribution in [0.15, 0.2) is 18.2 Å². The molecule has 0 saturated heterocycles. The Hall–Kier alpha value is -1.56. The van der Waals surface area contributed by atoms with E-state index < -0.39 is 22.0 Å². The highest BCUT2D eigenvalue weighted by Crippen LogP contribution is 2.29. The molecule has 0 fully saturated rings. The summed E-state index contributed by atoms with van der Waals surface area (Å²) in [6, 6.07) is 4.63. The molecule has 0 heterocycles. The molecule has 0 aliphatic rings. The zero-order valence-corrected chi connectivity index (χ0v) is 14.0. The maximum absolute atomic E-state index is 12.5. The summed E-state index contributed by atoms with van der Waals surface area (Å²) in [5, 5.41) is 0. The van der Waals surface area contributed by atoms with Crippen molar-refractivity contribution in [2.75, 3.05) is 16.7 Å². The van der Waals surface area contributed by atoms with E-state index >= 15 is 0 Å². The van der Waals surface area contributed by atoms with Crippen LogP contribution in [0.4, 0.5) is 5.69 Å². The Morgan fingerprint density at radius 3 is 2.19 bits per heavy atom. The summed E-state index contributed by atoms with van der Waals surface area (Å²) in [5.41, 5.74) is 2.17. The first kappa shape index (κ1) is 17.5. The zero-order valence-electron chi connectivity index (χ0n) is 13.2. The number of carbonyl (C=O) groups is 1. The third-order valence-electron chi connectivity index (χ3n) is 3.30. The topological polar surface area (TPSA) is 63.7 Å². The van der Waals surface area contributed by atoms with Gasteiger partial charge in [0.2, 0.25) is 10.0 Å². The van der Waals surface area contributed by atoms with Gasteiger partial charge in [-0.25, -0.2) is 13.2 Å². The molecule has 0 aliphatic heterocycles. The molecule has 1 aromatic rings. The van der Waals surface area contributed by atoms with Gasteiger partial charge in [-0.05, 0) is 45.7 Å². The van der Waals surface area contributed by atoms with Crippen LogP contribution >= 0.6 is 0 Å². The van der Waals surface area contributed by atoms with Crippen molar-refractivity contribution in [1.29, 1.82) is 0 Å². The SMILES string of the molecule is CCOC(=O)C(C)N(c1c(C)cccc1C)S(=O)(=O)CC. The van der Waals surface area contributed by atoms with E-state index in [2.05, 4.69) is 0 Å². The third kappa shape index (κ3) is 3.75. The Kier molecular flexibility index (Phi) is 5.78. The van der Waals surface area contributed by atoms with Gasteiger partial charge in [0.15, 0.2) is 0 Å². The highest BCUT2D eigenvalue weighted by Gasteiger charge is 2.33. The summed E-state index contributed by atoms with van der Waals surface area (Å²) in [5.74, 6) is -0.623. The fourth-order valence-electron chi connectivity index (χ4n) is 2.22. The maximum Gasteiger partial charge on any atom is 0.329 e. The average Bonchev–Trinajstić information content (AvgIpc) is 2.42. The van der Waals surface area contributed by atoms with Gasteiger partial charge in [0.25, 0.3) is 0 Å². The lowest BCUT2D eigenvalue weighted by molar-refractivity contribution is -0.144. The number of sulfonamides is 1. The zero-order chi connectivity index (χ0) is 16.2. The summed E-state index contributed by atoms with van der Waals surface area (Å²) >= 11 is 0. The van der Waals surface area contributed by atoms with Crippen molar-refractivity contribution in [3.8, 4) is 0 Å². The first-order valence-corrected chi connectivity index (χ1v) is 8.62. The van der Waals surface area contributed by atoms with Gasteiger partial charge in [-0.1, -0.05) is 18.2 Å². The minimum Gasteiger partial charge on any atom is -0.464 e. The normalized spacial score (nSPS) is 12.8. The largest absolute Gasteiger partial charge is 0.464 e. The van der Waals surface area contributed by atoms with Crippen molar-refractivity contribution in [3.05, 3.63) is 29.3 Å². The molecular formula is C15H23NO4S. The van der Waals surface area contributed by atoms with E-state index in [0.717, 1.165) is 11.1 Å². The Balaban J connectivity index is 3.44. The average molecular weight is 313 g/mol. The molecule has 118 valence electrons. The molecule has 0 N–H and O–H groups in total. The van der Waals surface area contributed by atoms with Gasteiger partial charge >= 0.3 is 5.97 Å². The van der Waals surface area contributed by atoms with Crippen LogP contribution in [0.1, 0.15) is 31.9 Å². The molecular weight excluding hydrogens is 290 g/mol. The summed E-state index contributed by atoms with van der Waals surface area (Å²) < 4.78 is 31.1. The molecule has 0 saturated carbocycles. The molecule has 1 unspecified atom stereocenters. The fourth-order valence-corrected chi connectivity index (χ4v) is 3.64. The van der Waals surface area contributed by atoms with Crippen LogP contribution in [0.3, 0.4) is 0 Å². The van der Waals surface area contributed by atoms with Crippen LogP contribution < -0.4 is 4.31 Å². The van der Waals surface area contributed by atoms with Crippen molar-refractivity contribution < 1.29 is 17.9 Å². The van der Waals surface area contributed by atoms with E-state index in [1.165, 1.54) is 4.31 Å². The van der Waals surface area contributed by atoms with Crippen LogP contribution in [-0.4, -0.2) is 32.8 Å². The number of hydrogen-bond donors (Lipinski definition) is 0. The minimum atomic E-state index is -3.59. The Morgan fingerprint density at radius 2 is 1.76 bits per heavy atom. The van der Waals surface area contributed by atoms with E-state index in [1.807, 2.05) is 32.0 Å². The molecule has 0 spiro atoms. The van der Waals surface area contributed by atoms with E-state index in [9.17, 15) is 13.2 Å². The highest BCUT2D eigenvalue weighted by molar-refractivity contribution is 7.92. The maximum atomic E-state index is 12.5. The van der Waals surface area contributed by atoms with E-state index in [4.69, 9.17) is 4.74 Å². The number of anilines is 1. The van der Waals surface area contributed by atoms with E-state index in [1.54, 1.807) is 20.8 Å². The Bertz CT molecular complexity index is 590. The van der Waals surface area contributed by atoms with Crippen molar-refractivity contribution >= 4 is 21.7 Å². The molecule has 0 bridgehead atoms. The van der Waals surface area contributed by atoms with Crippen molar-refractivity contribution in [2.24, 2.45) is 0 Å². The van der Waals surface area contributed by atoms with Crippen LogP contribution in [0.5, 0.6) is 0 Å². The van der Waals surface area contributed by atoms with Gasteiger partial charge in [-0.15, -0.1) is 0 Å². The van der Waals surface area contributed by atoms with Gasteiger partial charge in [0.05, 0.1) is 18.0 Å². The van der Waals surface area contributed by atoms with E-state index in [0.29, 0.717) is 5.69 Å². The lowest BCUT2D eigenvalue weighted by Crippen LogP contribution is -2.45. The predicted octanol–water partition coefficient (Wildman–Crippen LogP) is 2.41. The number of esters is 1. The van der Waals surface area contributed by atoms with Gasteiger partial charge in [0.1, 0.15) is 6.04 Å². The quantitative estimate of drug-likeness (QED) is 0.757. The molecule has 0 radical (unpaired) electrons. The molecule has 21 heavy (non-hydrogen) atoms. The summed E-state index contributed by atoms with van der Waals surface area (Å²) in [7, 11) is -3.59. The molecule has 0 amide bonds. The first-order valence-electron chi connectivity index (χ1n) is 7.01. The lowest BCUT2D eigenvalue weighted by atomic mass is 10.1. The van der Waals surface area contributed by atoms with Crippen LogP contribution in [0.2, 0.25) is 0 Å². The number of ether oxygens (including phenoxy) is 1. The number of benzene rings is 1. The smallest absolute Gasteiger partial charge is 0.329 e. The summed E-state index contributed by atoms with van der Waals surface area (Å²) in [6.45, 7) is 8.69. The molecule has 6 heteroatoms. The van der Waals surface area contributed by atoms with Crippen molar-refractivity contribution in [3.63, 3.8) is 0 Å². The Labute approximate surface area is 127 Å². The van der Waals surface area contributed by atoms with Crippen LogP contribution in [0, 0.1) is 13.8 Å². The van der Waals surface area contributed by atoms with Gasteiger partial charge < -0.3 is 4.74 Å². The molecule has 5 nitrogen and oxygen atoms in total. The van der Waals surface area contributed by atoms with Gasteiger partial charge in [0, 0.05) is 0 Å². The lowest BCUT2D eigenvalue weighted by Gasteiger charge is -2.31. The first-order chi connectivity index (χ1) is 9.76. The second-order valence-corrected chi connectivity index (χ2v) is 7.00. The summed E-state index contributed by atoms with van der Waals surface area (Å²) in [6.07, 6.45) is 0. The van der Waals surface area contributed by atoms with Crippen molar-refractivity contribution in [1.82, 2.24) is 0 Å². The molecule has 0 aromatic heterocycles. The molecule has 0 aliphatic carbocycles. The fraction of sp³-hybridized carbons (Fsp3) is 0.533. The number of nitrogens with zero attached hydrogens (tertiary/aromatic N) is 1. The number of rotatable bonds is 6. The second-order valence-electron chi connectivity index (χ2n) is 4.86. The van der Waals surface area contributed by atoms with Gasteiger partial charge in [-0.3, -0.25) is 4.31 Å². The second kappa shape index (κ2) is 6.93. The molecule has 1 aromatic carbocycles. The van der Waals surface area contributed by atoms with Crippen LogP contribution in [0.25, 0.3) is 0 Å². The van der Waals surface area contributed by atoms with Crippen molar-refractivity contribution in [2.45, 2.75) is 40.7 Å². The molecule has 1 rings (SSSR count). The van der Waals surface area contributed by atoms with Gasteiger partial charge in [-0.2, -0.15) is 0 Å². The standard InChI is InChI=1S/C15H23NO4S/c1-6-20-15(17)13(5)16(21(18,19)7-2)14-11(3)9-8-10-12(14)4/h8-10,13H,6-7H2,1-5H3. The number of aryl methyl sites for hydroxylation is 2. The Morgan fingerprint density at radius 1 is 1.24 bits per heavy atom.